The van der Waals surface area contributed by atoms with Gasteiger partial charge >= 0.3 is 5.97 Å². The maximum absolute atomic E-state index is 10.7. The van der Waals surface area contributed by atoms with Crippen molar-refractivity contribution in [1.29, 1.82) is 0 Å². The van der Waals surface area contributed by atoms with E-state index < -0.39 is 17.9 Å². The largest absolute Gasteiger partial charge is 0.480 e. The standard InChI is InChI=1S/C11H13NO3/c12-10(11(14)15)9(7-13)6-8-4-2-1-3-5-8/h1-5,7,9-10H,6,12H2,(H,14,15). The van der Waals surface area contributed by atoms with Gasteiger partial charge in [-0.15, -0.1) is 0 Å². The Hall–Kier alpha value is -1.68. The summed E-state index contributed by atoms with van der Waals surface area (Å²) >= 11 is 0. The molecule has 4 nitrogen and oxygen atoms in total. The van der Waals surface area contributed by atoms with Gasteiger partial charge < -0.3 is 15.6 Å². The topological polar surface area (TPSA) is 80.4 Å². The van der Waals surface area contributed by atoms with E-state index in [4.69, 9.17) is 10.8 Å². The first kappa shape index (κ1) is 11.4. The van der Waals surface area contributed by atoms with E-state index >= 15 is 0 Å². The maximum Gasteiger partial charge on any atom is 0.321 e. The second-order valence-electron chi connectivity index (χ2n) is 3.35. The summed E-state index contributed by atoms with van der Waals surface area (Å²) in [4.78, 5) is 21.3. The summed E-state index contributed by atoms with van der Waals surface area (Å²) in [6.45, 7) is 0. The van der Waals surface area contributed by atoms with E-state index in [9.17, 15) is 9.59 Å². The molecule has 0 bridgehead atoms. The summed E-state index contributed by atoms with van der Waals surface area (Å²) in [6, 6.07) is 8.07. The van der Waals surface area contributed by atoms with Gasteiger partial charge in [0.2, 0.25) is 0 Å². The number of nitrogens with two attached hydrogens (primary N) is 1. The van der Waals surface area contributed by atoms with Crippen molar-refractivity contribution in [3.05, 3.63) is 35.9 Å². The van der Waals surface area contributed by atoms with Crippen molar-refractivity contribution in [2.24, 2.45) is 11.7 Å². The van der Waals surface area contributed by atoms with Crippen molar-refractivity contribution >= 4 is 12.3 Å². The van der Waals surface area contributed by atoms with Crippen LogP contribution in [0.15, 0.2) is 30.3 Å². The first-order valence-electron chi connectivity index (χ1n) is 4.62. The predicted molar refractivity (Wildman–Crippen MR) is 55.3 cm³/mol. The molecule has 0 saturated heterocycles. The molecule has 0 radical (unpaired) electrons. The molecule has 3 N–H and O–H groups in total. The third-order valence-electron chi connectivity index (χ3n) is 2.24. The monoisotopic (exact) mass is 207 g/mol. The third kappa shape index (κ3) is 3.18. The molecule has 0 aromatic heterocycles. The fourth-order valence-corrected chi connectivity index (χ4v) is 1.33. The summed E-state index contributed by atoms with van der Waals surface area (Å²) in [6.07, 6.45) is 0.962. The van der Waals surface area contributed by atoms with Crippen LogP contribution in [-0.4, -0.2) is 23.4 Å². The lowest BCUT2D eigenvalue weighted by Gasteiger charge is -2.14. The van der Waals surface area contributed by atoms with E-state index in [1.165, 1.54) is 0 Å². The molecule has 1 aromatic rings. The number of rotatable bonds is 5. The molecule has 0 saturated carbocycles. The average molecular weight is 207 g/mol. The fourth-order valence-electron chi connectivity index (χ4n) is 1.33. The minimum absolute atomic E-state index is 0.359. The minimum Gasteiger partial charge on any atom is -0.480 e. The average Bonchev–Trinajstić information content (AvgIpc) is 2.26. The lowest BCUT2D eigenvalue weighted by atomic mass is 9.94. The normalized spacial score (nSPS) is 14.2. The summed E-state index contributed by atoms with van der Waals surface area (Å²) in [5.41, 5.74) is 6.30. The molecule has 0 heterocycles. The summed E-state index contributed by atoms with van der Waals surface area (Å²) in [7, 11) is 0. The zero-order valence-electron chi connectivity index (χ0n) is 8.17. The third-order valence-corrected chi connectivity index (χ3v) is 2.24. The highest BCUT2D eigenvalue weighted by atomic mass is 16.4. The zero-order chi connectivity index (χ0) is 11.3. The lowest BCUT2D eigenvalue weighted by molar-refractivity contribution is -0.141. The van der Waals surface area contributed by atoms with Gasteiger partial charge in [-0.25, -0.2) is 0 Å². The summed E-state index contributed by atoms with van der Waals surface area (Å²) in [5, 5.41) is 8.68. The smallest absolute Gasteiger partial charge is 0.321 e. The molecule has 0 aliphatic rings. The molecule has 2 atom stereocenters. The van der Waals surface area contributed by atoms with Gasteiger partial charge in [0.1, 0.15) is 12.3 Å². The number of carboxylic acid groups (broad SMARTS) is 1. The molecule has 0 aliphatic heterocycles. The van der Waals surface area contributed by atoms with E-state index in [1.807, 2.05) is 30.3 Å². The van der Waals surface area contributed by atoms with Crippen molar-refractivity contribution in [3.63, 3.8) is 0 Å². The lowest BCUT2D eigenvalue weighted by Crippen LogP contribution is -2.39. The van der Waals surface area contributed by atoms with Crippen molar-refractivity contribution in [2.75, 3.05) is 0 Å². The van der Waals surface area contributed by atoms with Crippen LogP contribution < -0.4 is 5.73 Å². The molecule has 0 amide bonds. The maximum atomic E-state index is 10.7. The van der Waals surface area contributed by atoms with Gasteiger partial charge in [0, 0.05) is 5.92 Å². The van der Waals surface area contributed by atoms with Gasteiger partial charge in [-0.1, -0.05) is 30.3 Å². The van der Waals surface area contributed by atoms with Crippen molar-refractivity contribution in [2.45, 2.75) is 12.5 Å². The molecule has 0 spiro atoms. The van der Waals surface area contributed by atoms with Crippen LogP contribution in [0, 0.1) is 5.92 Å². The van der Waals surface area contributed by atoms with Crippen molar-refractivity contribution in [3.8, 4) is 0 Å². The number of aliphatic carboxylic acids is 1. The van der Waals surface area contributed by atoms with E-state index in [0.29, 0.717) is 12.7 Å². The SMILES string of the molecule is NC(C(=O)O)C(C=O)Cc1ccccc1. The predicted octanol–water partition coefficient (Wildman–Crippen LogP) is 0.456. The molecular weight excluding hydrogens is 194 g/mol. The van der Waals surface area contributed by atoms with Crippen LogP contribution >= 0.6 is 0 Å². The van der Waals surface area contributed by atoms with Crippen LogP contribution in [0.1, 0.15) is 5.56 Å². The Morgan fingerprint density at radius 1 is 1.40 bits per heavy atom. The van der Waals surface area contributed by atoms with Crippen LogP contribution in [-0.2, 0) is 16.0 Å². The summed E-state index contributed by atoms with van der Waals surface area (Å²) in [5.74, 6) is -1.83. The van der Waals surface area contributed by atoms with Crippen molar-refractivity contribution in [1.82, 2.24) is 0 Å². The van der Waals surface area contributed by atoms with Crippen LogP contribution in [0.4, 0.5) is 0 Å². The Morgan fingerprint density at radius 3 is 2.47 bits per heavy atom. The van der Waals surface area contributed by atoms with Crippen LogP contribution in [0.5, 0.6) is 0 Å². The minimum atomic E-state index is -1.15. The van der Waals surface area contributed by atoms with E-state index in [0.717, 1.165) is 5.56 Å². The quantitative estimate of drug-likeness (QED) is 0.687. The Balaban J connectivity index is 2.70. The fraction of sp³-hybridized carbons (Fsp3) is 0.273. The van der Waals surface area contributed by atoms with E-state index in [-0.39, 0.29) is 0 Å². The van der Waals surface area contributed by atoms with E-state index in [1.54, 1.807) is 0 Å². The van der Waals surface area contributed by atoms with Gasteiger partial charge in [-0.2, -0.15) is 0 Å². The van der Waals surface area contributed by atoms with Crippen molar-refractivity contribution < 1.29 is 14.7 Å². The highest BCUT2D eigenvalue weighted by Gasteiger charge is 2.23. The Morgan fingerprint density at radius 2 is 2.00 bits per heavy atom. The molecule has 0 aliphatic carbocycles. The number of aldehydes is 1. The van der Waals surface area contributed by atoms with Crippen LogP contribution in [0.25, 0.3) is 0 Å². The number of carbonyl (C=O) groups excluding carboxylic acids is 1. The second kappa shape index (κ2) is 5.26. The highest BCUT2D eigenvalue weighted by molar-refractivity contribution is 5.78. The van der Waals surface area contributed by atoms with Gasteiger partial charge in [0.05, 0.1) is 0 Å². The highest BCUT2D eigenvalue weighted by Crippen LogP contribution is 2.09. The molecular formula is C11H13NO3. The van der Waals surface area contributed by atoms with Gasteiger partial charge in [-0.05, 0) is 12.0 Å². The number of carbonyl (C=O) groups is 2. The van der Waals surface area contributed by atoms with E-state index in [2.05, 4.69) is 0 Å². The first-order chi connectivity index (χ1) is 7.15. The second-order valence-corrected chi connectivity index (χ2v) is 3.35. The molecule has 1 rings (SSSR count). The van der Waals surface area contributed by atoms with Gasteiger partial charge in [0.15, 0.2) is 0 Å². The molecule has 4 heteroatoms. The van der Waals surface area contributed by atoms with Gasteiger partial charge in [0.25, 0.3) is 0 Å². The zero-order valence-corrected chi connectivity index (χ0v) is 8.17. The summed E-state index contributed by atoms with van der Waals surface area (Å²) < 4.78 is 0. The molecule has 1 aromatic carbocycles. The number of carboxylic acids is 1. The Labute approximate surface area is 87.7 Å². The molecule has 2 unspecified atom stereocenters. The molecule has 80 valence electrons. The first-order valence-corrected chi connectivity index (χ1v) is 4.62. The number of hydrogen-bond acceptors (Lipinski definition) is 3. The number of hydrogen-bond donors (Lipinski definition) is 2. The van der Waals surface area contributed by atoms with Gasteiger partial charge in [-0.3, -0.25) is 4.79 Å². The Kier molecular flexibility index (Phi) is 4.00. The number of benzene rings is 1. The molecule has 15 heavy (non-hydrogen) atoms. The Bertz CT molecular complexity index is 337. The van der Waals surface area contributed by atoms with Crippen LogP contribution in [0.2, 0.25) is 0 Å². The molecule has 0 fully saturated rings. The van der Waals surface area contributed by atoms with Crippen LogP contribution in [0.3, 0.4) is 0 Å².